The van der Waals surface area contributed by atoms with Gasteiger partial charge in [-0.1, -0.05) is 12.1 Å². The number of hydrogen-bond donors (Lipinski definition) is 0. The van der Waals surface area contributed by atoms with E-state index in [1.165, 1.54) is 12.1 Å². The zero-order chi connectivity index (χ0) is 18.9. The van der Waals surface area contributed by atoms with Crippen LogP contribution in [0.2, 0.25) is 0 Å². The Morgan fingerprint density at radius 1 is 1.08 bits per heavy atom. The topological polar surface area (TPSA) is 48.7 Å². The van der Waals surface area contributed by atoms with Crippen LogP contribution in [0.25, 0.3) is 11.0 Å². The normalized spacial score (nSPS) is 11.6. The Kier molecular flexibility index (Phi) is 4.63. The molecule has 4 nitrogen and oxygen atoms in total. The highest BCUT2D eigenvalue weighted by Crippen LogP contribution is 2.36. The molecule has 26 heavy (non-hydrogen) atoms. The highest BCUT2D eigenvalue weighted by atomic mass is 19.4. The Labute approximate surface area is 146 Å². The van der Waals surface area contributed by atoms with Crippen LogP contribution in [0.1, 0.15) is 16.7 Å². The minimum Gasteiger partial charge on any atom is -0.497 e. The largest absolute Gasteiger partial charge is 0.497 e. The molecule has 0 saturated heterocycles. The van der Waals surface area contributed by atoms with Crippen LogP contribution in [0.4, 0.5) is 13.2 Å². The number of hydrogen-bond acceptors (Lipinski definition) is 4. The summed E-state index contributed by atoms with van der Waals surface area (Å²) in [6.45, 7) is 1.76. The fourth-order valence-electron chi connectivity index (χ4n) is 2.62. The molecule has 1 aromatic heterocycles. The van der Waals surface area contributed by atoms with E-state index in [1.807, 2.05) is 12.1 Å². The Balaban J connectivity index is 1.95. The molecular formula is C19H15F3O4. The summed E-state index contributed by atoms with van der Waals surface area (Å²) >= 11 is 0. The van der Waals surface area contributed by atoms with Gasteiger partial charge in [0.2, 0.25) is 0 Å². The van der Waals surface area contributed by atoms with Crippen LogP contribution in [-0.4, -0.2) is 7.11 Å². The van der Waals surface area contributed by atoms with Gasteiger partial charge in [-0.25, -0.2) is 4.79 Å². The average molecular weight is 364 g/mol. The van der Waals surface area contributed by atoms with Crippen molar-refractivity contribution in [3.05, 3.63) is 69.6 Å². The summed E-state index contributed by atoms with van der Waals surface area (Å²) in [5.41, 5.74) is -1.01. The van der Waals surface area contributed by atoms with E-state index in [9.17, 15) is 18.0 Å². The predicted octanol–water partition coefficient (Wildman–Crippen LogP) is 4.71. The van der Waals surface area contributed by atoms with Gasteiger partial charge in [-0.3, -0.25) is 0 Å². The molecule has 0 aliphatic heterocycles. The first-order chi connectivity index (χ1) is 12.3. The molecule has 0 saturated carbocycles. The van der Waals surface area contributed by atoms with Crippen molar-refractivity contribution in [2.45, 2.75) is 19.7 Å². The van der Waals surface area contributed by atoms with Crippen molar-refractivity contribution in [1.82, 2.24) is 0 Å². The predicted molar refractivity (Wildman–Crippen MR) is 89.5 cm³/mol. The van der Waals surface area contributed by atoms with E-state index in [0.717, 1.165) is 5.56 Å². The van der Waals surface area contributed by atoms with Gasteiger partial charge in [-0.05, 0) is 36.8 Å². The number of ether oxygens (including phenoxy) is 2. The highest BCUT2D eigenvalue weighted by molar-refractivity contribution is 5.85. The maximum absolute atomic E-state index is 13.1. The van der Waals surface area contributed by atoms with Crippen molar-refractivity contribution in [3.63, 3.8) is 0 Å². The second-order valence-corrected chi connectivity index (χ2v) is 5.68. The van der Waals surface area contributed by atoms with Crippen molar-refractivity contribution >= 4 is 11.0 Å². The summed E-state index contributed by atoms with van der Waals surface area (Å²) in [7, 11) is 1.56. The lowest BCUT2D eigenvalue weighted by molar-refractivity contribution is -0.136. The lowest BCUT2D eigenvalue weighted by atomic mass is 10.1. The second kappa shape index (κ2) is 6.74. The summed E-state index contributed by atoms with van der Waals surface area (Å²) < 4.78 is 55.2. The zero-order valence-electron chi connectivity index (χ0n) is 14.0. The zero-order valence-corrected chi connectivity index (χ0v) is 14.0. The maximum atomic E-state index is 13.1. The van der Waals surface area contributed by atoms with Crippen LogP contribution >= 0.6 is 0 Å². The van der Waals surface area contributed by atoms with E-state index in [4.69, 9.17) is 13.9 Å². The van der Waals surface area contributed by atoms with Crippen LogP contribution in [0.5, 0.6) is 11.5 Å². The third-order valence-electron chi connectivity index (χ3n) is 3.97. The molecule has 0 amide bonds. The number of aryl methyl sites for hydroxylation is 1. The molecule has 0 aliphatic rings. The Hall–Kier alpha value is -2.96. The summed E-state index contributed by atoms with van der Waals surface area (Å²) in [5.74, 6) is 1.05. The van der Waals surface area contributed by atoms with Gasteiger partial charge in [0.15, 0.2) is 0 Å². The molecule has 1 heterocycles. The summed E-state index contributed by atoms with van der Waals surface area (Å²) in [6.07, 6.45) is -4.65. The molecule has 0 bridgehead atoms. The van der Waals surface area contributed by atoms with Gasteiger partial charge in [0.1, 0.15) is 23.7 Å². The van der Waals surface area contributed by atoms with Crippen LogP contribution in [0.15, 0.2) is 51.7 Å². The monoisotopic (exact) mass is 364 g/mol. The molecule has 136 valence electrons. The lowest BCUT2D eigenvalue weighted by Crippen LogP contribution is -2.11. The molecule has 7 heteroatoms. The minimum absolute atomic E-state index is 0.128. The van der Waals surface area contributed by atoms with Crippen LogP contribution in [0, 0.1) is 6.92 Å². The molecule has 0 unspecified atom stereocenters. The van der Waals surface area contributed by atoms with Gasteiger partial charge in [0.05, 0.1) is 12.7 Å². The van der Waals surface area contributed by atoms with Crippen molar-refractivity contribution in [2.75, 3.05) is 7.11 Å². The fraction of sp³-hybridized carbons (Fsp3) is 0.211. The number of rotatable bonds is 4. The summed E-state index contributed by atoms with van der Waals surface area (Å²) in [4.78, 5) is 11.5. The molecule has 2 aromatic carbocycles. The summed E-state index contributed by atoms with van der Waals surface area (Å²) in [5, 5.41) is -0.175. The standard InChI is InChI=1S/C19H15F3O4/c1-11-16(25-10-12-3-5-13(24-2)6-4-12)8-7-14-15(19(20,21)22)9-17(23)26-18(11)14/h3-9H,10H2,1-2H3. The average Bonchev–Trinajstić information content (AvgIpc) is 2.60. The molecular weight excluding hydrogens is 349 g/mol. The van der Waals surface area contributed by atoms with Gasteiger partial charge < -0.3 is 13.9 Å². The molecule has 0 atom stereocenters. The van der Waals surface area contributed by atoms with E-state index in [2.05, 4.69) is 0 Å². The SMILES string of the molecule is COc1ccc(COc2ccc3c(C(F)(F)F)cc(=O)oc3c2C)cc1. The maximum Gasteiger partial charge on any atom is 0.417 e. The Bertz CT molecular complexity index is 989. The second-order valence-electron chi connectivity index (χ2n) is 5.68. The lowest BCUT2D eigenvalue weighted by Gasteiger charge is -2.14. The Morgan fingerprint density at radius 2 is 1.77 bits per heavy atom. The minimum atomic E-state index is -4.65. The smallest absolute Gasteiger partial charge is 0.417 e. The van der Waals surface area contributed by atoms with E-state index in [1.54, 1.807) is 26.2 Å². The molecule has 3 rings (SSSR count). The van der Waals surface area contributed by atoms with Crippen molar-refractivity contribution in [3.8, 4) is 11.5 Å². The van der Waals surface area contributed by atoms with Crippen LogP contribution < -0.4 is 15.1 Å². The molecule has 0 spiro atoms. The Morgan fingerprint density at radius 3 is 2.38 bits per heavy atom. The first kappa shape index (κ1) is 17.8. The first-order valence-corrected chi connectivity index (χ1v) is 7.70. The first-order valence-electron chi connectivity index (χ1n) is 7.70. The number of halogens is 3. The van der Waals surface area contributed by atoms with Gasteiger partial charge in [-0.2, -0.15) is 13.2 Å². The van der Waals surface area contributed by atoms with Gasteiger partial charge in [0, 0.05) is 17.0 Å². The van der Waals surface area contributed by atoms with E-state index in [0.29, 0.717) is 23.1 Å². The number of methoxy groups -OCH3 is 1. The van der Waals surface area contributed by atoms with Crippen molar-refractivity contribution in [1.29, 1.82) is 0 Å². The van der Waals surface area contributed by atoms with Gasteiger partial charge >= 0.3 is 11.8 Å². The molecule has 0 fully saturated rings. The third kappa shape index (κ3) is 3.51. The quantitative estimate of drug-likeness (QED) is 0.629. The van der Waals surface area contributed by atoms with Crippen molar-refractivity contribution in [2.24, 2.45) is 0 Å². The van der Waals surface area contributed by atoms with Gasteiger partial charge in [0.25, 0.3) is 0 Å². The van der Waals surface area contributed by atoms with Crippen LogP contribution in [0.3, 0.4) is 0 Å². The van der Waals surface area contributed by atoms with E-state index < -0.39 is 17.4 Å². The fourth-order valence-corrected chi connectivity index (χ4v) is 2.62. The molecule has 3 aromatic rings. The molecule has 0 aliphatic carbocycles. The molecule has 0 N–H and O–H groups in total. The number of fused-ring (bicyclic) bond motifs is 1. The third-order valence-corrected chi connectivity index (χ3v) is 3.97. The van der Waals surface area contributed by atoms with Crippen molar-refractivity contribution < 1.29 is 27.1 Å². The highest BCUT2D eigenvalue weighted by Gasteiger charge is 2.34. The number of alkyl halides is 3. The van der Waals surface area contributed by atoms with E-state index in [-0.39, 0.29) is 17.6 Å². The van der Waals surface area contributed by atoms with E-state index >= 15 is 0 Å². The number of benzene rings is 2. The van der Waals surface area contributed by atoms with Crippen LogP contribution in [-0.2, 0) is 12.8 Å². The summed E-state index contributed by atoms with van der Waals surface area (Å²) in [6, 6.07) is 10.3. The molecule has 0 radical (unpaired) electrons. The van der Waals surface area contributed by atoms with Gasteiger partial charge in [-0.15, -0.1) is 0 Å².